The van der Waals surface area contributed by atoms with Crippen molar-refractivity contribution in [2.75, 3.05) is 19.6 Å². The van der Waals surface area contributed by atoms with Crippen molar-refractivity contribution in [1.82, 2.24) is 10.2 Å². The summed E-state index contributed by atoms with van der Waals surface area (Å²) < 4.78 is 0. The first-order valence-corrected chi connectivity index (χ1v) is 6.23. The molecule has 0 bridgehead atoms. The van der Waals surface area contributed by atoms with Gasteiger partial charge in [-0.25, -0.2) is 0 Å². The molecule has 15 heavy (non-hydrogen) atoms. The molecule has 0 amide bonds. The summed E-state index contributed by atoms with van der Waals surface area (Å²) in [5, 5.41) is 3.56. The molecule has 1 heterocycles. The van der Waals surface area contributed by atoms with Crippen LogP contribution in [0.4, 0.5) is 0 Å². The normalized spacial score (nSPS) is 23.7. The molecule has 0 saturated carbocycles. The first kappa shape index (κ1) is 12.7. The van der Waals surface area contributed by atoms with Crippen molar-refractivity contribution in [2.45, 2.75) is 45.7 Å². The van der Waals surface area contributed by atoms with Gasteiger partial charge in [-0.15, -0.1) is 6.58 Å². The Hall–Kier alpha value is -0.340. The molecule has 0 spiro atoms. The van der Waals surface area contributed by atoms with Gasteiger partial charge in [-0.1, -0.05) is 19.9 Å². The van der Waals surface area contributed by atoms with E-state index in [0.717, 1.165) is 5.92 Å². The van der Waals surface area contributed by atoms with E-state index >= 15 is 0 Å². The fourth-order valence-electron chi connectivity index (χ4n) is 2.22. The Bertz CT molecular complexity index is 183. The zero-order valence-corrected chi connectivity index (χ0v) is 10.5. The molecule has 0 aromatic carbocycles. The second-order valence-corrected chi connectivity index (χ2v) is 5.12. The first-order chi connectivity index (χ1) is 7.13. The van der Waals surface area contributed by atoms with Crippen LogP contribution in [-0.4, -0.2) is 36.6 Å². The van der Waals surface area contributed by atoms with Crippen LogP contribution >= 0.6 is 0 Å². The lowest BCUT2D eigenvalue weighted by atomic mass is 10.1. The van der Waals surface area contributed by atoms with Gasteiger partial charge < -0.3 is 5.32 Å². The molecular formula is C13H26N2. The van der Waals surface area contributed by atoms with Crippen LogP contribution in [0.2, 0.25) is 0 Å². The van der Waals surface area contributed by atoms with Crippen molar-refractivity contribution in [1.29, 1.82) is 0 Å². The maximum Gasteiger partial charge on any atom is 0.0248 e. The van der Waals surface area contributed by atoms with Crippen LogP contribution < -0.4 is 5.32 Å². The number of nitrogens with zero attached hydrogens (tertiary/aromatic N) is 1. The number of hydrogen-bond acceptors (Lipinski definition) is 2. The highest BCUT2D eigenvalue weighted by molar-refractivity contribution is 4.88. The topological polar surface area (TPSA) is 15.3 Å². The van der Waals surface area contributed by atoms with Crippen LogP contribution in [0, 0.1) is 5.92 Å². The molecule has 2 heteroatoms. The van der Waals surface area contributed by atoms with E-state index in [1.165, 1.54) is 32.5 Å². The van der Waals surface area contributed by atoms with E-state index in [1.54, 1.807) is 0 Å². The summed E-state index contributed by atoms with van der Waals surface area (Å²) in [4.78, 5) is 2.54. The molecule has 1 rings (SSSR count). The molecule has 1 aliphatic rings. The highest BCUT2D eigenvalue weighted by atomic mass is 15.2. The van der Waals surface area contributed by atoms with Crippen molar-refractivity contribution in [3.05, 3.63) is 12.7 Å². The largest absolute Gasteiger partial charge is 0.313 e. The molecule has 1 saturated heterocycles. The fourth-order valence-corrected chi connectivity index (χ4v) is 2.22. The van der Waals surface area contributed by atoms with E-state index in [1.807, 2.05) is 0 Å². The minimum Gasteiger partial charge on any atom is -0.313 e. The zero-order valence-electron chi connectivity index (χ0n) is 10.5. The third-order valence-electron chi connectivity index (χ3n) is 3.13. The monoisotopic (exact) mass is 210 g/mol. The lowest BCUT2D eigenvalue weighted by Crippen LogP contribution is -2.43. The van der Waals surface area contributed by atoms with Gasteiger partial charge in [0.25, 0.3) is 0 Å². The highest BCUT2D eigenvalue weighted by Crippen LogP contribution is 2.11. The molecule has 0 radical (unpaired) electrons. The average molecular weight is 210 g/mol. The predicted molar refractivity (Wildman–Crippen MR) is 67.1 cm³/mol. The first-order valence-electron chi connectivity index (χ1n) is 6.23. The molecule has 2 nitrogen and oxygen atoms in total. The van der Waals surface area contributed by atoms with Crippen LogP contribution in [-0.2, 0) is 0 Å². The molecular weight excluding hydrogens is 184 g/mol. The van der Waals surface area contributed by atoms with Crippen LogP contribution in [0.3, 0.4) is 0 Å². The predicted octanol–water partition coefficient (Wildman–Crippen LogP) is 2.27. The third kappa shape index (κ3) is 4.35. The van der Waals surface area contributed by atoms with Crippen LogP contribution in [0.1, 0.15) is 33.6 Å². The zero-order chi connectivity index (χ0) is 11.3. The molecule has 88 valence electrons. The lowest BCUT2D eigenvalue weighted by molar-refractivity contribution is 0.197. The van der Waals surface area contributed by atoms with Gasteiger partial charge >= 0.3 is 0 Å². The van der Waals surface area contributed by atoms with Crippen molar-refractivity contribution < 1.29 is 0 Å². The SMILES string of the molecule is C=CC(C)N(CC(C)C)CC1CCCN1. The minimum atomic E-state index is 0.495. The van der Waals surface area contributed by atoms with Gasteiger partial charge in [0, 0.05) is 25.2 Å². The maximum atomic E-state index is 3.90. The van der Waals surface area contributed by atoms with Crippen LogP contribution in [0.25, 0.3) is 0 Å². The van der Waals surface area contributed by atoms with E-state index in [0.29, 0.717) is 12.1 Å². The number of hydrogen-bond donors (Lipinski definition) is 1. The second kappa shape index (κ2) is 6.29. The Labute approximate surface area is 94.7 Å². The highest BCUT2D eigenvalue weighted by Gasteiger charge is 2.20. The summed E-state index contributed by atoms with van der Waals surface area (Å²) in [5.41, 5.74) is 0. The van der Waals surface area contributed by atoms with Gasteiger partial charge in [0.1, 0.15) is 0 Å². The van der Waals surface area contributed by atoms with Gasteiger partial charge in [-0.05, 0) is 32.2 Å². The van der Waals surface area contributed by atoms with Gasteiger partial charge in [0.2, 0.25) is 0 Å². The van der Waals surface area contributed by atoms with E-state index in [2.05, 4.69) is 43.6 Å². The Balaban J connectivity index is 2.43. The smallest absolute Gasteiger partial charge is 0.0248 e. The molecule has 1 N–H and O–H groups in total. The molecule has 0 aromatic rings. The molecule has 2 unspecified atom stereocenters. The number of nitrogens with one attached hydrogen (secondary N) is 1. The summed E-state index contributed by atoms with van der Waals surface area (Å²) in [6.07, 6.45) is 4.72. The summed E-state index contributed by atoms with van der Waals surface area (Å²) in [7, 11) is 0. The molecule has 0 aliphatic carbocycles. The molecule has 2 atom stereocenters. The Kier molecular flexibility index (Phi) is 5.34. The van der Waals surface area contributed by atoms with E-state index in [4.69, 9.17) is 0 Å². The lowest BCUT2D eigenvalue weighted by Gasteiger charge is -2.31. The second-order valence-electron chi connectivity index (χ2n) is 5.12. The standard InChI is InChI=1S/C13H26N2/c1-5-12(4)15(9-11(2)3)10-13-7-6-8-14-13/h5,11-14H,1,6-10H2,2-4H3. The Morgan fingerprint density at radius 3 is 2.67 bits per heavy atom. The maximum absolute atomic E-state index is 3.90. The van der Waals surface area contributed by atoms with E-state index in [9.17, 15) is 0 Å². The average Bonchev–Trinajstić information content (AvgIpc) is 2.67. The summed E-state index contributed by atoms with van der Waals surface area (Å²) in [6.45, 7) is 14.2. The van der Waals surface area contributed by atoms with Crippen molar-refractivity contribution in [3.63, 3.8) is 0 Å². The Morgan fingerprint density at radius 1 is 1.47 bits per heavy atom. The minimum absolute atomic E-state index is 0.495. The number of rotatable bonds is 6. The van der Waals surface area contributed by atoms with E-state index in [-0.39, 0.29) is 0 Å². The van der Waals surface area contributed by atoms with Gasteiger partial charge in [-0.2, -0.15) is 0 Å². The van der Waals surface area contributed by atoms with Crippen LogP contribution in [0.15, 0.2) is 12.7 Å². The molecule has 1 aliphatic heterocycles. The summed E-state index contributed by atoms with van der Waals surface area (Å²) in [5.74, 6) is 0.730. The molecule has 1 fully saturated rings. The summed E-state index contributed by atoms with van der Waals surface area (Å²) >= 11 is 0. The third-order valence-corrected chi connectivity index (χ3v) is 3.13. The van der Waals surface area contributed by atoms with Crippen molar-refractivity contribution >= 4 is 0 Å². The van der Waals surface area contributed by atoms with Crippen LogP contribution in [0.5, 0.6) is 0 Å². The van der Waals surface area contributed by atoms with Gasteiger partial charge in [-0.3, -0.25) is 4.90 Å². The van der Waals surface area contributed by atoms with E-state index < -0.39 is 0 Å². The molecule has 0 aromatic heterocycles. The van der Waals surface area contributed by atoms with Gasteiger partial charge in [0.05, 0.1) is 0 Å². The van der Waals surface area contributed by atoms with Crippen molar-refractivity contribution in [2.24, 2.45) is 5.92 Å². The quantitative estimate of drug-likeness (QED) is 0.677. The summed E-state index contributed by atoms with van der Waals surface area (Å²) in [6, 6.07) is 1.20. The van der Waals surface area contributed by atoms with Gasteiger partial charge in [0.15, 0.2) is 0 Å². The van der Waals surface area contributed by atoms with Crippen molar-refractivity contribution in [3.8, 4) is 0 Å². The fraction of sp³-hybridized carbons (Fsp3) is 0.846. The Morgan fingerprint density at radius 2 is 2.20 bits per heavy atom.